The Morgan fingerprint density at radius 2 is 2.50 bits per heavy atom. The van der Waals surface area contributed by atoms with Crippen molar-refractivity contribution in [2.24, 2.45) is 5.92 Å². The van der Waals surface area contributed by atoms with E-state index in [1.807, 2.05) is 6.07 Å². The number of carboxylic acid groups (broad SMARTS) is 1. The summed E-state index contributed by atoms with van der Waals surface area (Å²) in [7, 11) is 0. The highest BCUT2D eigenvalue weighted by atomic mass is 16.4. The van der Waals surface area contributed by atoms with Gasteiger partial charge >= 0.3 is 5.97 Å². The number of carbonyl (C=O) groups is 1. The Morgan fingerprint density at radius 3 is 3.12 bits per heavy atom. The number of aromatic nitrogens is 2. The first kappa shape index (κ1) is 10.4. The molecular weight excluding hydrogens is 208 g/mol. The van der Waals surface area contributed by atoms with Gasteiger partial charge in [0.25, 0.3) is 0 Å². The van der Waals surface area contributed by atoms with Crippen LogP contribution in [-0.4, -0.2) is 34.1 Å². The second-order valence-corrected chi connectivity index (χ2v) is 3.62. The van der Waals surface area contributed by atoms with Crippen LogP contribution in [0.5, 0.6) is 0 Å². The molecule has 6 nitrogen and oxygen atoms in total. The van der Waals surface area contributed by atoms with E-state index in [0.29, 0.717) is 31.2 Å². The Balaban J connectivity index is 2.14. The predicted molar refractivity (Wildman–Crippen MR) is 54.7 cm³/mol. The molecule has 1 fully saturated rings. The highest BCUT2D eigenvalue weighted by Crippen LogP contribution is 2.20. The van der Waals surface area contributed by atoms with Crippen LogP contribution in [0.15, 0.2) is 12.3 Å². The van der Waals surface area contributed by atoms with E-state index in [9.17, 15) is 4.79 Å². The fourth-order valence-electron chi connectivity index (χ4n) is 1.71. The molecule has 1 aliphatic heterocycles. The van der Waals surface area contributed by atoms with E-state index in [1.165, 1.54) is 12.3 Å². The smallest absolute Gasteiger partial charge is 0.308 e. The van der Waals surface area contributed by atoms with Gasteiger partial charge in [-0.25, -0.2) is 9.97 Å². The SMILES string of the molecule is N#Cc1ccnc(N2CCC(C(=O)O)C2)n1. The number of hydrogen-bond acceptors (Lipinski definition) is 5. The number of nitriles is 1. The molecule has 0 aromatic carbocycles. The van der Waals surface area contributed by atoms with Crippen LogP contribution >= 0.6 is 0 Å². The number of aliphatic carboxylic acids is 1. The molecule has 1 N–H and O–H groups in total. The molecule has 1 aromatic heterocycles. The number of nitrogens with zero attached hydrogens (tertiary/aromatic N) is 4. The van der Waals surface area contributed by atoms with E-state index in [-0.39, 0.29) is 5.92 Å². The molecule has 16 heavy (non-hydrogen) atoms. The summed E-state index contributed by atoms with van der Waals surface area (Å²) < 4.78 is 0. The molecule has 82 valence electrons. The van der Waals surface area contributed by atoms with Crippen molar-refractivity contribution in [3.63, 3.8) is 0 Å². The van der Waals surface area contributed by atoms with Gasteiger partial charge in [0.15, 0.2) is 0 Å². The van der Waals surface area contributed by atoms with Crippen LogP contribution in [0.4, 0.5) is 5.95 Å². The van der Waals surface area contributed by atoms with Crippen molar-refractivity contribution >= 4 is 11.9 Å². The van der Waals surface area contributed by atoms with Crippen LogP contribution in [0, 0.1) is 17.2 Å². The minimum absolute atomic E-state index is 0.295. The van der Waals surface area contributed by atoms with Crippen molar-refractivity contribution < 1.29 is 9.90 Å². The first-order valence-corrected chi connectivity index (χ1v) is 4.91. The fourth-order valence-corrected chi connectivity index (χ4v) is 1.71. The summed E-state index contributed by atoms with van der Waals surface area (Å²) in [4.78, 5) is 20.6. The van der Waals surface area contributed by atoms with Gasteiger partial charge in [0.2, 0.25) is 5.95 Å². The molecule has 0 aliphatic carbocycles. The molecule has 0 spiro atoms. The summed E-state index contributed by atoms with van der Waals surface area (Å²) in [6.07, 6.45) is 2.10. The van der Waals surface area contributed by atoms with Gasteiger partial charge in [-0.15, -0.1) is 0 Å². The van der Waals surface area contributed by atoms with E-state index in [0.717, 1.165) is 0 Å². The first-order valence-electron chi connectivity index (χ1n) is 4.91. The minimum Gasteiger partial charge on any atom is -0.481 e. The highest BCUT2D eigenvalue weighted by molar-refractivity contribution is 5.71. The molecule has 1 aromatic rings. The van der Waals surface area contributed by atoms with Crippen molar-refractivity contribution in [3.8, 4) is 6.07 Å². The fraction of sp³-hybridized carbons (Fsp3) is 0.400. The lowest BCUT2D eigenvalue weighted by molar-refractivity contribution is -0.140. The number of carboxylic acids is 1. The largest absolute Gasteiger partial charge is 0.481 e. The Bertz CT molecular complexity index is 454. The van der Waals surface area contributed by atoms with Gasteiger partial charge in [-0.2, -0.15) is 5.26 Å². The van der Waals surface area contributed by atoms with Gasteiger partial charge in [-0.3, -0.25) is 4.79 Å². The molecule has 2 rings (SSSR count). The lowest BCUT2D eigenvalue weighted by Crippen LogP contribution is -2.24. The average molecular weight is 218 g/mol. The van der Waals surface area contributed by atoms with Crippen molar-refractivity contribution in [2.45, 2.75) is 6.42 Å². The van der Waals surface area contributed by atoms with Crippen molar-refractivity contribution in [3.05, 3.63) is 18.0 Å². The van der Waals surface area contributed by atoms with Crippen LogP contribution in [0.2, 0.25) is 0 Å². The van der Waals surface area contributed by atoms with Gasteiger partial charge < -0.3 is 10.0 Å². The molecule has 0 saturated carbocycles. The minimum atomic E-state index is -0.793. The van der Waals surface area contributed by atoms with Crippen LogP contribution in [0.3, 0.4) is 0 Å². The summed E-state index contributed by atoms with van der Waals surface area (Å²) in [6, 6.07) is 3.45. The molecule has 1 atom stereocenters. The normalized spacial score (nSPS) is 19.4. The van der Waals surface area contributed by atoms with Crippen LogP contribution in [0.25, 0.3) is 0 Å². The topological polar surface area (TPSA) is 90.1 Å². The first-order chi connectivity index (χ1) is 7.70. The highest BCUT2D eigenvalue weighted by Gasteiger charge is 2.29. The molecule has 1 saturated heterocycles. The Kier molecular flexibility index (Phi) is 2.68. The van der Waals surface area contributed by atoms with E-state index in [1.54, 1.807) is 4.90 Å². The molecule has 1 unspecified atom stereocenters. The van der Waals surface area contributed by atoms with Crippen LogP contribution in [-0.2, 0) is 4.79 Å². The third kappa shape index (κ3) is 1.93. The van der Waals surface area contributed by atoms with Crippen LogP contribution < -0.4 is 4.90 Å². The molecule has 1 aliphatic rings. The predicted octanol–water partition coefficient (Wildman–Crippen LogP) is 0.259. The van der Waals surface area contributed by atoms with Gasteiger partial charge in [0.05, 0.1) is 5.92 Å². The van der Waals surface area contributed by atoms with Crippen molar-refractivity contribution in [1.82, 2.24) is 9.97 Å². The monoisotopic (exact) mass is 218 g/mol. The van der Waals surface area contributed by atoms with Crippen LogP contribution in [0.1, 0.15) is 12.1 Å². The molecule has 2 heterocycles. The Morgan fingerprint density at radius 1 is 1.69 bits per heavy atom. The van der Waals surface area contributed by atoms with Crippen molar-refractivity contribution in [2.75, 3.05) is 18.0 Å². The Hall–Kier alpha value is -2.16. The summed E-state index contributed by atoms with van der Waals surface area (Å²) in [6.45, 7) is 1.02. The van der Waals surface area contributed by atoms with E-state index in [4.69, 9.17) is 10.4 Å². The zero-order valence-electron chi connectivity index (χ0n) is 8.50. The molecule has 0 bridgehead atoms. The number of hydrogen-bond donors (Lipinski definition) is 1. The lowest BCUT2D eigenvalue weighted by atomic mass is 10.1. The average Bonchev–Trinajstić information content (AvgIpc) is 2.78. The quantitative estimate of drug-likeness (QED) is 0.765. The van der Waals surface area contributed by atoms with Crippen molar-refractivity contribution in [1.29, 1.82) is 5.26 Å². The van der Waals surface area contributed by atoms with E-state index >= 15 is 0 Å². The lowest BCUT2D eigenvalue weighted by Gasteiger charge is -2.14. The number of rotatable bonds is 2. The molecule has 0 amide bonds. The summed E-state index contributed by atoms with van der Waals surface area (Å²) in [5, 5.41) is 17.6. The zero-order valence-corrected chi connectivity index (χ0v) is 8.50. The molecule has 0 radical (unpaired) electrons. The van der Waals surface area contributed by atoms with Gasteiger partial charge in [0, 0.05) is 19.3 Å². The van der Waals surface area contributed by atoms with E-state index in [2.05, 4.69) is 9.97 Å². The molecule has 6 heteroatoms. The van der Waals surface area contributed by atoms with Gasteiger partial charge in [-0.1, -0.05) is 0 Å². The third-order valence-electron chi connectivity index (χ3n) is 2.58. The standard InChI is InChI=1S/C10H10N4O2/c11-5-8-1-3-12-10(13-8)14-4-2-7(6-14)9(15)16/h1,3,7H,2,4,6H2,(H,15,16). The van der Waals surface area contributed by atoms with Gasteiger partial charge in [-0.05, 0) is 12.5 Å². The summed E-state index contributed by atoms with van der Waals surface area (Å²) >= 11 is 0. The Labute approximate surface area is 92.2 Å². The summed E-state index contributed by atoms with van der Waals surface area (Å²) in [5.41, 5.74) is 0.295. The third-order valence-corrected chi connectivity index (χ3v) is 2.58. The maximum absolute atomic E-state index is 10.8. The second kappa shape index (κ2) is 4.14. The maximum Gasteiger partial charge on any atom is 0.308 e. The zero-order chi connectivity index (χ0) is 11.5. The van der Waals surface area contributed by atoms with Gasteiger partial charge in [0.1, 0.15) is 11.8 Å². The molecular formula is C10H10N4O2. The summed E-state index contributed by atoms with van der Waals surface area (Å²) in [5.74, 6) is -0.726. The number of anilines is 1. The maximum atomic E-state index is 10.8. The second-order valence-electron chi connectivity index (χ2n) is 3.62. The van der Waals surface area contributed by atoms with E-state index < -0.39 is 5.97 Å².